The Balaban J connectivity index is 1.76. The maximum absolute atomic E-state index is 12.7. The van der Waals surface area contributed by atoms with Crippen molar-refractivity contribution in [1.29, 1.82) is 0 Å². The topological polar surface area (TPSA) is 98.5 Å². The lowest BCUT2D eigenvalue weighted by Crippen LogP contribution is -2.32. The quantitative estimate of drug-likeness (QED) is 0.603. The van der Waals surface area contributed by atoms with Crippen LogP contribution in [0.4, 0.5) is 0 Å². The van der Waals surface area contributed by atoms with E-state index in [1.54, 1.807) is 18.4 Å². The second-order valence-corrected chi connectivity index (χ2v) is 7.73. The van der Waals surface area contributed by atoms with E-state index in [1.807, 2.05) is 51.1 Å². The molecule has 2 heterocycles. The third-order valence-electron chi connectivity index (χ3n) is 4.53. The van der Waals surface area contributed by atoms with Gasteiger partial charge in [-0.15, -0.1) is 5.10 Å². The first kappa shape index (κ1) is 21.4. The van der Waals surface area contributed by atoms with Crippen molar-refractivity contribution in [3.63, 3.8) is 0 Å². The predicted octanol–water partition coefficient (Wildman–Crippen LogP) is 2.79. The molecule has 158 valence electrons. The van der Waals surface area contributed by atoms with E-state index in [0.717, 1.165) is 22.5 Å². The molecule has 3 aromatic rings. The van der Waals surface area contributed by atoms with Crippen LogP contribution in [0.15, 0.2) is 30.3 Å². The first-order valence-corrected chi connectivity index (χ1v) is 9.96. The van der Waals surface area contributed by atoms with Crippen LogP contribution in [-0.4, -0.2) is 37.6 Å². The summed E-state index contributed by atoms with van der Waals surface area (Å²) in [6.45, 7) is 9.37. The number of carbonyl (C=O) groups excluding carboxylic acids is 2. The molecular weight excluding hydrogens is 382 g/mol. The third kappa shape index (κ3) is 5.40. The van der Waals surface area contributed by atoms with E-state index in [4.69, 9.17) is 4.74 Å². The molecule has 0 bridgehead atoms. The van der Waals surface area contributed by atoms with E-state index in [-0.39, 0.29) is 30.8 Å². The number of esters is 1. The Labute approximate surface area is 175 Å². The van der Waals surface area contributed by atoms with Crippen LogP contribution in [0.5, 0.6) is 0 Å². The fourth-order valence-corrected chi connectivity index (χ4v) is 3.20. The largest absolute Gasteiger partial charge is 0.463 e. The van der Waals surface area contributed by atoms with Crippen LogP contribution in [0.25, 0.3) is 5.78 Å². The minimum absolute atomic E-state index is 0.0105. The standard InChI is InChI=1S/C22H27N5O3/c1-13(2)30-21(29)11-18(17-8-6-14(3)7-9-17)24-20(28)12-19-25-22-23-15(4)10-16(5)27(22)26-19/h6-10,13,18H,11-12H2,1-5H3,(H,24,28). The number of carbonyl (C=O) groups is 2. The van der Waals surface area contributed by atoms with Crippen LogP contribution < -0.4 is 5.32 Å². The molecule has 0 aliphatic carbocycles. The number of fused-ring (bicyclic) bond motifs is 1. The van der Waals surface area contributed by atoms with Gasteiger partial charge >= 0.3 is 5.97 Å². The van der Waals surface area contributed by atoms with Gasteiger partial charge in [0.25, 0.3) is 5.78 Å². The maximum atomic E-state index is 12.7. The Morgan fingerprint density at radius 3 is 2.47 bits per heavy atom. The summed E-state index contributed by atoms with van der Waals surface area (Å²) >= 11 is 0. The average molecular weight is 409 g/mol. The molecule has 0 saturated heterocycles. The number of amides is 1. The fourth-order valence-electron chi connectivity index (χ4n) is 3.20. The summed E-state index contributed by atoms with van der Waals surface area (Å²) in [6.07, 6.45) is -0.178. The van der Waals surface area contributed by atoms with Gasteiger partial charge < -0.3 is 10.1 Å². The van der Waals surface area contributed by atoms with Gasteiger partial charge in [-0.3, -0.25) is 9.59 Å². The molecular formula is C22H27N5O3. The zero-order valence-electron chi connectivity index (χ0n) is 18.0. The molecule has 0 radical (unpaired) electrons. The third-order valence-corrected chi connectivity index (χ3v) is 4.53. The first-order valence-electron chi connectivity index (χ1n) is 9.96. The molecule has 0 spiro atoms. The van der Waals surface area contributed by atoms with Crippen molar-refractivity contribution < 1.29 is 14.3 Å². The lowest BCUT2D eigenvalue weighted by Gasteiger charge is -2.19. The van der Waals surface area contributed by atoms with Gasteiger partial charge in [0.1, 0.15) is 0 Å². The Bertz CT molecular complexity index is 1060. The van der Waals surface area contributed by atoms with Gasteiger partial charge in [0, 0.05) is 11.4 Å². The number of ether oxygens (including phenoxy) is 1. The minimum Gasteiger partial charge on any atom is -0.463 e. The number of aryl methyl sites for hydroxylation is 3. The van der Waals surface area contributed by atoms with Crippen LogP contribution in [0, 0.1) is 20.8 Å². The molecule has 8 heteroatoms. The molecule has 1 aromatic carbocycles. The summed E-state index contributed by atoms with van der Waals surface area (Å²) < 4.78 is 6.88. The summed E-state index contributed by atoms with van der Waals surface area (Å²) in [4.78, 5) is 33.6. The van der Waals surface area contributed by atoms with Gasteiger partial charge in [-0.05, 0) is 46.2 Å². The van der Waals surface area contributed by atoms with Crippen LogP contribution in [-0.2, 0) is 20.7 Å². The lowest BCUT2D eigenvalue weighted by atomic mass is 10.0. The summed E-state index contributed by atoms with van der Waals surface area (Å²) in [5.41, 5.74) is 3.67. The minimum atomic E-state index is -0.497. The summed E-state index contributed by atoms with van der Waals surface area (Å²) in [6, 6.07) is 9.11. The number of hydrogen-bond acceptors (Lipinski definition) is 6. The van der Waals surface area contributed by atoms with E-state index in [2.05, 4.69) is 20.4 Å². The van der Waals surface area contributed by atoms with Crippen LogP contribution in [0.3, 0.4) is 0 Å². The number of rotatable bonds is 7. The maximum Gasteiger partial charge on any atom is 0.308 e. The Morgan fingerprint density at radius 2 is 1.80 bits per heavy atom. The zero-order valence-corrected chi connectivity index (χ0v) is 18.0. The highest BCUT2D eigenvalue weighted by Gasteiger charge is 2.21. The first-order chi connectivity index (χ1) is 14.2. The summed E-state index contributed by atoms with van der Waals surface area (Å²) in [7, 11) is 0. The van der Waals surface area contributed by atoms with Crippen molar-refractivity contribution in [1.82, 2.24) is 24.9 Å². The zero-order chi connectivity index (χ0) is 21.8. The van der Waals surface area contributed by atoms with E-state index in [0.29, 0.717) is 11.6 Å². The highest BCUT2D eigenvalue weighted by molar-refractivity contribution is 5.79. The van der Waals surface area contributed by atoms with E-state index in [9.17, 15) is 9.59 Å². The molecule has 3 rings (SSSR count). The Morgan fingerprint density at radius 1 is 1.10 bits per heavy atom. The second kappa shape index (κ2) is 9.02. The molecule has 1 N–H and O–H groups in total. The lowest BCUT2D eigenvalue weighted by molar-refractivity contribution is -0.148. The van der Waals surface area contributed by atoms with Crippen LogP contribution in [0.2, 0.25) is 0 Å². The van der Waals surface area contributed by atoms with E-state index >= 15 is 0 Å². The van der Waals surface area contributed by atoms with Gasteiger partial charge in [0.2, 0.25) is 5.91 Å². The molecule has 1 atom stereocenters. The predicted molar refractivity (Wildman–Crippen MR) is 112 cm³/mol. The van der Waals surface area contributed by atoms with Gasteiger partial charge in [0.15, 0.2) is 5.82 Å². The highest BCUT2D eigenvalue weighted by atomic mass is 16.5. The average Bonchev–Trinajstić information content (AvgIpc) is 3.03. The van der Waals surface area contributed by atoms with Gasteiger partial charge in [-0.25, -0.2) is 9.50 Å². The molecule has 0 fully saturated rings. The molecule has 1 amide bonds. The Hall–Kier alpha value is -3.29. The van der Waals surface area contributed by atoms with Crippen molar-refractivity contribution in [3.8, 4) is 0 Å². The summed E-state index contributed by atoms with van der Waals surface area (Å²) in [5.74, 6) is 0.201. The fraction of sp³-hybridized carbons (Fsp3) is 0.409. The number of nitrogens with one attached hydrogen (secondary N) is 1. The SMILES string of the molecule is Cc1ccc(C(CC(=O)OC(C)C)NC(=O)Cc2nc3nc(C)cc(C)n3n2)cc1. The molecule has 8 nitrogen and oxygen atoms in total. The monoisotopic (exact) mass is 409 g/mol. The normalized spacial score (nSPS) is 12.2. The molecule has 2 aromatic heterocycles. The highest BCUT2D eigenvalue weighted by Crippen LogP contribution is 2.19. The number of hydrogen-bond donors (Lipinski definition) is 1. The smallest absolute Gasteiger partial charge is 0.308 e. The van der Waals surface area contributed by atoms with Crippen LogP contribution >= 0.6 is 0 Å². The molecule has 30 heavy (non-hydrogen) atoms. The number of nitrogens with zero attached hydrogens (tertiary/aromatic N) is 4. The van der Waals surface area contributed by atoms with Crippen molar-refractivity contribution in [2.24, 2.45) is 0 Å². The molecule has 1 unspecified atom stereocenters. The van der Waals surface area contributed by atoms with E-state index in [1.165, 1.54) is 0 Å². The van der Waals surface area contributed by atoms with E-state index < -0.39 is 6.04 Å². The Kier molecular flexibility index (Phi) is 6.44. The molecule has 0 aliphatic rings. The van der Waals surface area contributed by atoms with Crippen molar-refractivity contribution in [3.05, 3.63) is 58.7 Å². The van der Waals surface area contributed by atoms with Crippen LogP contribution in [0.1, 0.15) is 54.6 Å². The summed E-state index contributed by atoms with van der Waals surface area (Å²) in [5, 5.41) is 7.30. The van der Waals surface area contributed by atoms with Gasteiger partial charge in [-0.1, -0.05) is 29.8 Å². The second-order valence-electron chi connectivity index (χ2n) is 7.73. The van der Waals surface area contributed by atoms with Gasteiger partial charge in [-0.2, -0.15) is 4.98 Å². The van der Waals surface area contributed by atoms with Crippen molar-refractivity contribution in [2.45, 2.75) is 59.6 Å². The van der Waals surface area contributed by atoms with Crippen molar-refractivity contribution in [2.75, 3.05) is 0 Å². The molecule has 0 aliphatic heterocycles. The number of aromatic nitrogens is 4. The van der Waals surface area contributed by atoms with Gasteiger partial charge in [0.05, 0.1) is 25.0 Å². The van der Waals surface area contributed by atoms with Crippen molar-refractivity contribution >= 4 is 17.7 Å². The molecule has 0 saturated carbocycles. The number of benzene rings is 1.